The summed E-state index contributed by atoms with van der Waals surface area (Å²) in [4.78, 5) is 11.7. The molecule has 19 heavy (non-hydrogen) atoms. The number of nitrogens with one attached hydrogen (secondary N) is 1. The zero-order valence-corrected chi connectivity index (χ0v) is 12.8. The van der Waals surface area contributed by atoms with Crippen LogP contribution < -0.4 is 5.32 Å². The van der Waals surface area contributed by atoms with Gasteiger partial charge in [0.2, 0.25) is 0 Å². The lowest BCUT2D eigenvalue weighted by atomic mass is 10.1. The highest BCUT2D eigenvalue weighted by molar-refractivity contribution is 9.10. The van der Waals surface area contributed by atoms with Crippen LogP contribution in [-0.4, -0.2) is 12.5 Å². The van der Waals surface area contributed by atoms with E-state index >= 15 is 0 Å². The lowest BCUT2D eigenvalue weighted by molar-refractivity contribution is 0.0925. The maximum absolute atomic E-state index is 11.7. The molecule has 0 unspecified atom stereocenters. The van der Waals surface area contributed by atoms with Crippen molar-refractivity contribution in [3.63, 3.8) is 0 Å². The lowest BCUT2D eigenvalue weighted by Gasteiger charge is -2.06. The summed E-state index contributed by atoms with van der Waals surface area (Å²) in [7, 11) is 0. The molecule has 0 aliphatic heterocycles. The van der Waals surface area contributed by atoms with Crippen LogP contribution in [0, 0.1) is 0 Å². The van der Waals surface area contributed by atoms with Gasteiger partial charge >= 0.3 is 0 Å². The smallest absolute Gasteiger partial charge is 0.287 e. The summed E-state index contributed by atoms with van der Waals surface area (Å²) in [6.07, 6.45) is 0.629. The molecule has 0 aliphatic rings. The second-order valence-electron chi connectivity index (χ2n) is 3.85. The number of hydrogen-bond acceptors (Lipinski definition) is 2. The fourth-order valence-corrected chi connectivity index (χ4v) is 2.37. The molecule has 0 bridgehead atoms. The van der Waals surface area contributed by atoms with Crippen molar-refractivity contribution < 1.29 is 9.21 Å². The minimum absolute atomic E-state index is 0.254. The molecule has 0 atom stereocenters. The predicted molar refractivity (Wildman–Crippen MR) is 78.9 cm³/mol. The maximum Gasteiger partial charge on any atom is 0.287 e. The molecule has 0 saturated carbocycles. The van der Waals surface area contributed by atoms with Gasteiger partial charge in [0.05, 0.1) is 0 Å². The topological polar surface area (TPSA) is 42.2 Å². The van der Waals surface area contributed by atoms with Crippen LogP contribution in [0.15, 0.2) is 39.4 Å². The van der Waals surface area contributed by atoms with Crippen LogP contribution in [0.3, 0.4) is 0 Å². The van der Waals surface area contributed by atoms with Gasteiger partial charge in [0.1, 0.15) is 0 Å². The Labute approximate surface area is 129 Å². The van der Waals surface area contributed by atoms with Gasteiger partial charge in [-0.05, 0) is 52.2 Å². The highest BCUT2D eigenvalue weighted by Crippen LogP contribution is 2.21. The normalized spacial score (nSPS) is 10.5. The summed E-state index contributed by atoms with van der Waals surface area (Å²) in [6.45, 7) is 0.471. The molecule has 100 valence electrons. The number of rotatable bonds is 4. The predicted octanol–water partition coefficient (Wildman–Crippen LogP) is 4.32. The molecule has 0 spiro atoms. The summed E-state index contributed by atoms with van der Waals surface area (Å²) >= 11 is 15.0. The zero-order chi connectivity index (χ0) is 13.8. The van der Waals surface area contributed by atoms with Crippen LogP contribution in [0.2, 0.25) is 10.0 Å². The van der Waals surface area contributed by atoms with Gasteiger partial charge in [-0.25, -0.2) is 0 Å². The molecular weight excluding hydrogens is 353 g/mol. The largest absolute Gasteiger partial charge is 0.444 e. The van der Waals surface area contributed by atoms with Gasteiger partial charge < -0.3 is 9.73 Å². The average molecular weight is 363 g/mol. The van der Waals surface area contributed by atoms with Gasteiger partial charge in [-0.3, -0.25) is 4.79 Å². The first-order chi connectivity index (χ1) is 9.06. The molecule has 1 aromatic heterocycles. The van der Waals surface area contributed by atoms with Crippen molar-refractivity contribution in [2.45, 2.75) is 6.42 Å². The number of carbonyl (C=O) groups is 1. The van der Waals surface area contributed by atoms with E-state index in [4.69, 9.17) is 27.6 Å². The van der Waals surface area contributed by atoms with Crippen LogP contribution in [0.25, 0.3) is 0 Å². The Hall–Kier alpha value is -0.970. The summed E-state index contributed by atoms with van der Waals surface area (Å²) in [5.74, 6) is 0.0184. The molecule has 0 saturated heterocycles. The molecule has 1 aromatic carbocycles. The molecule has 2 aromatic rings. The van der Waals surface area contributed by atoms with Crippen LogP contribution in [-0.2, 0) is 6.42 Å². The fraction of sp³-hybridized carbons (Fsp3) is 0.154. The van der Waals surface area contributed by atoms with Crippen LogP contribution in [0.5, 0.6) is 0 Å². The SMILES string of the molecule is O=C(NCCc1ccc(Cl)cc1Cl)c1ccc(Br)o1. The van der Waals surface area contributed by atoms with E-state index in [2.05, 4.69) is 21.2 Å². The third-order valence-corrected chi connectivity index (χ3v) is 3.51. The van der Waals surface area contributed by atoms with Crippen molar-refractivity contribution in [2.24, 2.45) is 0 Å². The summed E-state index contributed by atoms with van der Waals surface area (Å²) in [6, 6.07) is 8.58. The number of furan rings is 1. The third-order valence-electron chi connectivity index (χ3n) is 2.49. The van der Waals surface area contributed by atoms with Crippen molar-refractivity contribution in [3.8, 4) is 0 Å². The first-order valence-electron chi connectivity index (χ1n) is 5.54. The Kier molecular flexibility index (Phi) is 4.91. The monoisotopic (exact) mass is 361 g/mol. The van der Waals surface area contributed by atoms with Gasteiger partial charge in [-0.1, -0.05) is 29.3 Å². The molecule has 0 radical (unpaired) electrons. The Morgan fingerprint density at radius 2 is 2.05 bits per heavy atom. The van der Waals surface area contributed by atoms with E-state index in [0.717, 1.165) is 5.56 Å². The first kappa shape index (κ1) is 14.4. The minimum atomic E-state index is -0.254. The summed E-state index contributed by atoms with van der Waals surface area (Å²) < 4.78 is 5.67. The van der Waals surface area contributed by atoms with E-state index < -0.39 is 0 Å². The molecule has 2 rings (SSSR count). The van der Waals surface area contributed by atoms with Gasteiger partial charge in [0.15, 0.2) is 10.4 Å². The molecule has 1 heterocycles. The quantitative estimate of drug-likeness (QED) is 0.879. The van der Waals surface area contributed by atoms with Crippen molar-refractivity contribution in [3.05, 3.63) is 56.4 Å². The molecule has 6 heteroatoms. The Morgan fingerprint density at radius 1 is 1.26 bits per heavy atom. The van der Waals surface area contributed by atoms with Crippen molar-refractivity contribution in [1.82, 2.24) is 5.32 Å². The number of carbonyl (C=O) groups excluding carboxylic acids is 1. The van der Waals surface area contributed by atoms with Crippen molar-refractivity contribution in [1.29, 1.82) is 0 Å². The zero-order valence-electron chi connectivity index (χ0n) is 9.75. The molecule has 0 aliphatic carbocycles. The average Bonchev–Trinajstić information content (AvgIpc) is 2.78. The van der Waals surface area contributed by atoms with E-state index in [9.17, 15) is 4.79 Å². The second-order valence-corrected chi connectivity index (χ2v) is 5.47. The van der Waals surface area contributed by atoms with Crippen LogP contribution >= 0.6 is 39.1 Å². The Morgan fingerprint density at radius 3 is 2.68 bits per heavy atom. The van der Waals surface area contributed by atoms with E-state index in [1.54, 1.807) is 24.3 Å². The van der Waals surface area contributed by atoms with Gasteiger partial charge in [-0.2, -0.15) is 0 Å². The van der Waals surface area contributed by atoms with Gasteiger partial charge in [0.25, 0.3) is 5.91 Å². The lowest BCUT2D eigenvalue weighted by Crippen LogP contribution is -2.25. The van der Waals surface area contributed by atoms with E-state index in [0.29, 0.717) is 27.7 Å². The van der Waals surface area contributed by atoms with Gasteiger partial charge in [-0.15, -0.1) is 0 Å². The molecule has 3 nitrogen and oxygen atoms in total. The number of hydrogen-bond donors (Lipinski definition) is 1. The van der Waals surface area contributed by atoms with Crippen molar-refractivity contribution >= 4 is 45.0 Å². The minimum Gasteiger partial charge on any atom is -0.444 e. The van der Waals surface area contributed by atoms with Crippen LogP contribution in [0.1, 0.15) is 16.1 Å². The molecule has 1 N–H and O–H groups in total. The first-order valence-corrected chi connectivity index (χ1v) is 7.08. The van der Waals surface area contributed by atoms with E-state index in [1.807, 2.05) is 6.07 Å². The number of amides is 1. The van der Waals surface area contributed by atoms with Crippen molar-refractivity contribution in [2.75, 3.05) is 6.54 Å². The van der Waals surface area contributed by atoms with E-state index in [1.165, 1.54) is 0 Å². The molecular formula is C13H10BrCl2NO2. The summed E-state index contributed by atoms with van der Waals surface area (Å²) in [5.41, 5.74) is 0.937. The second kappa shape index (κ2) is 6.46. The van der Waals surface area contributed by atoms with Gasteiger partial charge in [0, 0.05) is 16.6 Å². The highest BCUT2D eigenvalue weighted by Gasteiger charge is 2.10. The fourth-order valence-electron chi connectivity index (χ4n) is 1.56. The molecule has 0 fully saturated rings. The van der Waals surface area contributed by atoms with E-state index in [-0.39, 0.29) is 11.7 Å². The third kappa shape index (κ3) is 4.00. The Balaban J connectivity index is 1.88. The number of halogens is 3. The molecule has 1 amide bonds. The number of benzene rings is 1. The van der Waals surface area contributed by atoms with Crippen LogP contribution in [0.4, 0.5) is 0 Å². The Bertz CT molecular complexity index is 598. The maximum atomic E-state index is 11.7. The highest BCUT2D eigenvalue weighted by atomic mass is 79.9. The summed E-state index contributed by atoms with van der Waals surface area (Å²) in [5, 5.41) is 3.95. The standard InChI is InChI=1S/C13H10BrCl2NO2/c14-12-4-3-11(19-12)13(18)17-6-5-8-1-2-9(15)7-10(8)16/h1-4,7H,5-6H2,(H,17,18).